The topological polar surface area (TPSA) is 50.9 Å². The third kappa shape index (κ3) is 1.90. The molecule has 15 heavy (non-hydrogen) atoms. The van der Waals surface area contributed by atoms with Gasteiger partial charge in [0.1, 0.15) is 11.1 Å². The lowest BCUT2D eigenvalue weighted by molar-refractivity contribution is 0.209. The van der Waals surface area contributed by atoms with Gasteiger partial charge in [-0.15, -0.1) is 11.3 Å². The van der Waals surface area contributed by atoms with Crippen LogP contribution < -0.4 is 0 Å². The molecule has 0 fully saturated rings. The first-order valence-electron chi connectivity index (χ1n) is 4.37. The first kappa shape index (κ1) is 10.6. The predicted molar refractivity (Wildman–Crippen MR) is 59.1 cm³/mol. The lowest BCUT2D eigenvalue weighted by Crippen LogP contribution is -2.06. The van der Waals surface area contributed by atoms with Crippen LogP contribution >= 0.6 is 22.9 Å². The molecule has 0 amide bonds. The Bertz CT molecular complexity index is 460. The van der Waals surface area contributed by atoms with Crippen molar-refractivity contribution in [1.82, 2.24) is 14.8 Å². The number of hydrogen-bond donors (Lipinski definition) is 1. The number of rotatable bonds is 2. The summed E-state index contributed by atoms with van der Waals surface area (Å²) in [5.41, 5.74) is 1.47. The van der Waals surface area contributed by atoms with Crippen LogP contribution in [-0.2, 0) is 7.05 Å². The molecule has 1 atom stereocenters. The Morgan fingerprint density at radius 3 is 2.80 bits per heavy atom. The van der Waals surface area contributed by atoms with Crippen LogP contribution in [0.2, 0.25) is 5.02 Å². The molecular formula is C9H10ClN3OS. The van der Waals surface area contributed by atoms with Crippen molar-refractivity contribution in [2.75, 3.05) is 0 Å². The van der Waals surface area contributed by atoms with Crippen LogP contribution in [0.3, 0.4) is 0 Å². The molecule has 0 aromatic carbocycles. The zero-order valence-electron chi connectivity index (χ0n) is 8.31. The van der Waals surface area contributed by atoms with Crippen molar-refractivity contribution < 1.29 is 5.11 Å². The van der Waals surface area contributed by atoms with Crippen LogP contribution in [0.4, 0.5) is 0 Å². The molecule has 2 aromatic rings. The fraction of sp³-hybridized carbons (Fsp3) is 0.333. The van der Waals surface area contributed by atoms with Gasteiger partial charge in [0.15, 0.2) is 0 Å². The fourth-order valence-corrected chi connectivity index (χ4v) is 2.39. The number of nitrogens with zero attached hydrogens (tertiary/aromatic N) is 3. The zero-order chi connectivity index (χ0) is 11.0. The first-order chi connectivity index (χ1) is 7.09. The number of aryl methyl sites for hydroxylation is 2. The zero-order valence-corrected chi connectivity index (χ0v) is 9.88. The van der Waals surface area contributed by atoms with Crippen LogP contribution in [0.15, 0.2) is 11.6 Å². The van der Waals surface area contributed by atoms with Crippen LogP contribution in [0.25, 0.3) is 0 Å². The van der Waals surface area contributed by atoms with E-state index in [2.05, 4.69) is 10.1 Å². The number of aliphatic hydroxyl groups is 1. The second-order valence-electron chi connectivity index (χ2n) is 3.23. The van der Waals surface area contributed by atoms with E-state index >= 15 is 0 Å². The van der Waals surface area contributed by atoms with Gasteiger partial charge in [-0.25, -0.2) is 4.98 Å². The predicted octanol–water partition coefficient (Wildman–Crippen LogP) is 1.92. The molecule has 0 saturated carbocycles. The first-order valence-corrected chi connectivity index (χ1v) is 5.63. The third-order valence-electron chi connectivity index (χ3n) is 2.07. The van der Waals surface area contributed by atoms with Crippen LogP contribution in [0.5, 0.6) is 0 Å². The summed E-state index contributed by atoms with van der Waals surface area (Å²) in [4.78, 5) is 4.22. The van der Waals surface area contributed by atoms with Crippen molar-refractivity contribution in [3.05, 3.63) is 33.0 Å². The van der Waals surface area contributed by atoms with Crippen molar-refractivity contribution in [3.63, 3.8) is 0 Å². The second kappa shape index (κ2) is 3.92. The lowest BCUT2D eigenvalue weighted by Gasteiger charge is -2.08. The highest BCUT2D eigenvalue weighted by Gasteiger charge is 2.20. The Kier molecular flexibility index (Phi) is 2.77. The minimum absolute atomic E-state index is 0.456. The Morgan fingerprint density at radius 1 is 1.60 bits per heavy atom. The summed E-state index contributed by atoms with van der Waals surface area (Å²) in [6.07, 6.45) is 0.712. The maximum Gasteiger partial charge on any atom is 0.148 e. The van der Waals surface area contributed by atoms with Gasteiger partial charge in [-0.3, -0.25) is 4.68 Å². The van der Waals surface area contributed by atoms with Crippen molar-refractivity contribution >= 4 is 22.9 Å². The van der Waals surface area contributed by atoms with E-state index in [9.17, 15) is 5.11 Å². The molecule has 0 aliphatic carbocycles. The van der Waals surface area contributed by atoms with E-state index in [1.54, 1.807) is 11.7 Å². The minimum atomic E-state index is -0.802. The highest BCUT2D eigenvalue weighted by Crippen LogP contribution is 2.29. The molecule has 0 radical (unpaired) electrons. The Labute approximate surface area is 96.1 Å². The molecule has 2 aromatic heterocycles. The molecule has 80 valence electrons. The Balaban J connectivity index is 2.40. The molecule has 4 nitrogen and oxygen atoms in total. The average Bonchev–Trinajstić information content (AvgIpc) is 2.73. The van der Waals surface area contributed by atoms with Gasteiger partial charge >= 0.3 is 0 Å². The molecule has 1 N–H and O–H groups in total. The molecule has 0 spiro atoms. The van der Waals surface area contributed by atoms with E-state index in [1.165, 1.54) is 17.5 Å². The van der Waals surface area contributed by atoms with E-state index in [0.29, 0.717) is 15.7 Å². The van der Waals surface area contributed by atoms with Crippen molar-refractivity contribution in [2.24, 2.45) is 7.05 Å². The monoisotopic (exact) mass is 243 g/mol. The maximum absolute atomic E-state index is 10.1. The highest BCUT2D eigenvalue weighted by molar-refractivity contribution is 7.09. The summed E-state index contributed by atoms with van der Waals surface area (Å²) in [7, 11) is 1.74. The van der Waals surface area contributed by atoms with Crippen LogP contribution in [0, 0.1) is 6.92 Å². The number of hydrogen-bond acceptors (Lipinski definition) is 4. The number of thiazole rings is 1. The largest absolute Gasteiger partial charge is 0.379 e. The molecule has 0 bridgehead atoms. The summed E-state index contributed by atoms with van der Waals surface area (Å²) in [5.74, 6) is 0. The quantitative estimate of drug-likeness (QED) is 0.877. The minimum Gasteiger partial charge on any atom is -0.379 e. The van der Waals surface area contributed by atoms with Crippen molar-refractivity contribution in [2.45, 2.75) is 13.0 Å². The van der Waals surface area contributed by atoms with E-state index in [1.807, 2.05) is 12.3 Å². The number of aromatic nitrogens is 3. The standard InChI is InChI=1S/C9H10ClN3OS/c1-5-4-15-9(12-5)8(14)7-6(10)3-11-13(7)2/h3-4,8,14H,1-2H3. The smallest absolute Gasteiger partial charge is 0.148 e. The van der Waals surface area contributed by atoms with Gasteiger partial charge in [0, 0.05) is 18.1 Å². The molecule has 0 aliphatic heterocycles. The maximum atomic E-state index is 10.1. The summed E-state index contributed by atoms with van der Waals surface area (Å²) in [5, 5.41) is 17.0. The Hall–Kier alpha value is -0.910. The van der Waals surface area contributed by atoms with E-state index in [0.717, 1.165) is 5.69 Å². The van der Waals surface area contributed by atoms with E-state index in [4.69, 9.17) is 11.6 Å². The van der Waals surface area contributed by atoms with E-state index in [-0.39, 0.29) is 0 Å². The summed E-state index contributed by atoms with van der Waals surface area (Å²) in [6, 6.07) is 0. The number of halogens is 1. The lowest BCUT2D eigenvalue weighted by atomic mass is 10.2. The van der Waals surface area contributed by atoms with Gasteiger partial charge in [-0.2, -0.15) is 5.10 Å². The van der Waals surface area contributed by atoms with Gasteiger partial charge in [0.05, 0.1) is 16.9 Å². The van der Waals surface area contributed by atoms with Crippen LogP contribution in [-0.4, -0.2) is 19.9 Å². The van der Waals surface area contributed by atoms with E-state index < -0.39 is 6.10 Å². The second-order valence-corrected chi connectivity index (χ2v) is 4.53. The van der Waals surface area contributed by atoms with Crippen molar-refractivity contribution in [1.29, 1.82) is 0 Å². The average molecular weight is 244 g/mol. The number of aliphatic hydroxyl groups excluding tert-OH is 1. The van der Waals surface area contributed by atoms with Crippen molar-refractivity contribution in [3.8, 4) is 0 Å². The fourth-order valence-electron chi connectivity index (χ4n) is 1.34. The SMILES string of the molecule is Cc1csc(C(O)c2c(Cl)cnn2C)n1. The van der Waals surface area contributed by atoms with Crippen LogP contribution in [0.1, 0.15) is 22.5 Å². The van der Waals surface area contributed by atoms with Gasteiger partial charge < -0.3 is 5.11 Å². The molecule has 0 aliphatic rings. The normalized spacial score (nSPS) is 13.1. The van der Waals surface area contributed by atoms with Gasteiger partial charge in [0.25, 0.3) is 0 Å². The summed E-state index contributed by atoms with van der Waals surface area (Å²) in [6.45, 7) is 1.89. The Morgan fingerprint density at radius 2 is 2.33 bits per heavy atom. The van der Waals surface area contributed by atoms with Gasteiger partial charge in [-0.05, 0) is 6.92 Å². The molecule has 2 rings (SSSR count). The van der Waals surface area contributed by atoms with Gasteiger partial charge in [0.2, 0.25) is 0 Å². The molecule has 0 saturated heterocycles. The molecule has 2 heterocycles. The highest BCUT2D eigenvalue weighted by atomic mass is 35.5. The van der Waals surface area contributed by atoms with Gasteiger partial charge in [-0.1, -0.05) is 11.6 Å². The molecule has 1 unspecified atom stereocenters. The molecule has 6 heteroatoms. The molecular weight excluding hydrogens is 234 g/mol. The third-order valence-corrected chi connectivity index (χ3v) is 3.37. The summed E-state index contributed by atoms with van der Waals surface area (Å²) >= 11 is 7.34. The summed E-state index contributed by atoms with van der Waals surface area (Å²) < 4.78 is 1.56.